The quantitative estimate of drug-likeness (QED) is 0.187. The third kappa shape index (κ3) is 4.50. The van der Waals surface area contributed by atoms with Gasteiger partial charge in [-0.05, 0) is 80.6 Å². The van der Waals surface area contributed by atoms with Crippen LogP contribution in [0.15, 0.2) is 176 Å². The van der Waals surface area contributed by atoms with Crippen LogP contribution in [0, 0.1) is 0 Å². The first-order chi connectivity index (χ1) is 25.1. The van der Waals surface area contributed by atoms with Crippen LogP contribution in [0.25, 0.3) is 55.3 Å². The van der Waals surface area contributed by atoms with Gasteiger partial charge in [0, 0.05) is 39.0 Å². The van der Waals surface area contributed by atoms with Crippen molar-refractivity contribution in [2.45, 2.75) is 19.3 Å². The number of ether oxygens (including phenoxy) is 1. The van der Waals surface area contributed by atoms with Crippen LogP contribution in [0.3, 0.4) is 0 Å². The number of anilines is 3. The second-order valence-electron chi connectivity index (χ2n) is 14.1. The predicted molar refractivity (Wildman–Crippen MR) is 213 cm³/mol. The lowest BCUT2D eigenvalue weighted by molar-refractivity contribution is 0.490. The molecule has 2 heteroatoms. The number of fused-ring (bicyclic) bond motifs is 10. The van der Waals surface area contributed by atoms with Gasteiger partial charge in [0.05, 0.1) is 5.69 Å². The average Bonchev–Trinajstić information content (AvgIpc) is 3.30. The summed E-state index contributed by atoms with van der Waals surface area (Å²) >= 11 is 0. The fourth-order valence-corrected chi connectivity index (χ4v) is 8.47. The van der Waals surface area contributed by atoms with Crippen molar-refractivity contribution in [2.75, 3.05) is 4.90 Å². The molecule has 8 aromatic carbocycles. The number of rotatable bonds is 4. The van der Waals surface area contributed by atoms with Gasteiger partial charge in [0.15, 0.2) is 0 Å². The Labute approximate surface area is 298 Å². The third-order valence-corrected chi connectivity index (χ3v) is 10.9. The van der Waals surface area contributed by atoms with E-state index in [1.807, 2.05) is 0 Å². The van der Waals surface area contributed by atoms with Gasteiger partial charge in [0.2, 0.25) is 0 Å². The molecule has 1 aliphatic carbocycles. The van der Waals surface area contributed by atoms with Gasteiger partial charge in [-0.3, -0.25) is 0 Å². The molecule has 1 heterocycles. The first-order valence-electron chi connectivity index (χ1n) is 17.7. The molecule has 0 N–H and O–H groups in total. The van der Waals surface area contributed by atoms with Crippen molar-refractivity contribution in [1.29, 1.82) is 0 Å². The second kappa shape index (κ2) is 11.3. The van der Waals surface area contributed by atoms with Gasteiger partial charge in [0.25, 0.3) is 0 Å². The largest absolute Gasteiger partial charge is 0.455 e. The number of benzene rings is 8. The molecule has 0 saturated carbocycles. The van der Waals surface area contributed by atoms with Crippen molar-refractivity contribution in [1.82, 2.24) is 0 Å². The van der Waals surface area contributed by atoms with Crippen molar-refractivity contribution in [3.63, 3.8) is 0 Å². The Morgan fingerprint density at radius 1 is 0.451 bits per heavy atom. The monoisotopic (exact) mass is 653 g/mol. The summed E-state index contributed by atoms with van der Waals surface area (Å²) in [6.45, 7) is 4.70. The highest BCUT2D eigenvalue weighted by Gasteiger charge is 2.36. The topological polar surface area (TPSA) is 12.5 Å². The highest BCUT2D eigenvalue weighted by atomic mass is 16.5. The van der Waals surface area contributed by atoms with Crippen LogP contribution >= 0.6 is 0 Å². The summed E-state index contributed by atoms with van der Waals surface area (Å²) in [4.78, 5) is 2.44. The Morgan fingerprint density at radius 3 is 1.98 bits per heavy atom. The fourth-order valence-electron chi connectivity index (χ4n) is 8.47. The highest BCUT2D eigenvalue weighted by molar-refractivity contribution is 6.09. The van der Waals surface area contributed by atoms with Crippen LogP contribution in [0.1, 0.15) is 25.0 Å². The van der Waals surface area contributed by atoms with Gasteiger partial charge >= 0.3 is 0 Å². The first kappa shape index (κ1) is 29.5. The van der Waals surface area contributed by atoms with Crippen molar-refractivity contribution in [3.8, 4) is 56.0 Å². The van der Waals surface area contributed by atoms with Gasteiger partial charge in [-0.25, -0.2) is 0 Å². The maximum absolute atomic E-state index is 7.13. The Hall–Kier alpha value is -6.38. The van der Waals surface area contributed by atoms with Crippen LogP contribution in [-0.2, 0) is 5.41 Å². The van der Waals surface area contributed by atoms with E-state index < -0.39 is 0 Å². The van der Waals surface area contributed by atoms with Crippen LogP contribution < -0.4 is 9.64 Å². The summed E-state index contributed by atoms with van der Waals surface area (Å²) in [6, 6.07) is 63.5. The molecule has 2 nitrogen and oxygen atoms in total. The number of para-hydroxylation sites is 2. The smallest absolute Gasteiger partial charge is 0.143 e. The number of hydrogen-bond acceptors (Lipinski definition) is 2. The lowest BCUT2D eigenvalue weighted by Gasteiger charge is -2.30. The summed E-state index contributed by atoms with van der Waals surface area (Å²) in [6.07, 6.45) is 0. The summed E-state index contributed by atoms with van der Waals surface area (Å²) in [7, 11) is 0. The van der Waals surface area contributed by atoms with Gasteiger partial charge in [-0.15, -0.1) is 0 Å². The SMILES string of the molecule is CC1(C)c2ccccc2-c2ccc(N(c3ccccc3)c3cccc4c3-c3cccc(-c5ccccc5)c3Oc3ccc5ccccc5c3-4)cc21. The van der Waals surface area contributed by atoms with Crippen LogP contribution in [0.4, 0.5) is 17.1 Å². The zero-order chi connectivity index (χ0) is 34.1. The Balaban J connectivity index is 1.29. The van der Waals surface area contributed by atoms with Gasteiger partial charge in [-0.2, -0.15) is 0 Å². The Morgan fingerprint density at radius 2 is 1.12 bits per heavy atom. The minimum absolute atomic E-state index is 0.124. The fraction of sp³-hybridized carbons (Fsp3) is 0.0612. The first-order valence-corrected chi connectivity index (χ1v) is 17.7. The van der Waals surface area contributed by atoms with Crippen LogP contribution in [0.2, 0.25) is 0 Å². The van der Waals surface area contributed by atoms with E-state index in [0.717, 1.165) is 61.9 Å². The molecule has 1 aliphatic heterocycles. The predicted octanol–water partition coefficient (Wildman–Crippen LogP) is 13.7. The third-order valence-electron chi connectivity index (χ3n) is 10.9. The van der Waals surface area contributed by atoms with E-state index in [0.29, 0.717) is 0 Å². The van der Waals surface area contributed by atoms with E-state index in [2.05, 4.69) is 195 Å². The summed E-state index contributed by atoms with van der Waals surface area (Å²) < 4.78 is 7.13. The van der Waals surface area contributed by atoms with E-state index >= 15 is 0 Å². The second-order valence-corrected chi connectivity index (χ2v) is 14.1. The van der Waals surface area contributed by atoms with E-state index in [1.165, 1.54) is 33.0 Å². The van der Waals surface area contributed by atoms with E-state index in [1.54, 1.807) is 0 Å². The summed E-state index contributed by atoms with van der Waals surface area (Å²) in [5.41, 5.74) is 15.2. The summed E-state index contributed by atoms with van der Waals surface area (Å²) in [5.74, 6) is 1.72. The Bertz CT molecular complexity index is 2640. The van der Waals surface area contributed by atoms with Crippen molar-refractivity contribution in [3.05, 3.63) is 187 Å². The lowest BCUT2D eigenvalue weighted by Crippen LogP contribution is -2.17. The molecule has 0 fully saturated rings. The normalized spacial score (nSPS) is 13.2. The van der Waals surface area contributed by atoms with Crippen LogP contribution in [0.5, 0.6) is 11.5 Å². The lowest BCUT2D eigenvalue weighted by atomic mass is 9.82. The number of hydrogen-bond donors (Lipinski definition) is 0. The molecule has 0 bridgehead atoms. The molecule has 0 unspecified atom stereocenters. The van der Waals surface area contributed by atoms with Gasteiger partial charge in [-0.1, -0.05) is 153 Å². The molecule has 242 valence electrons. The zero-order valence-electron chi connectivity index (χ0n) is 28.6. The highest BCUT2D eigenvalue weighted by Crippen LogP contribution is 2.57. The van der Waals surface area contributed by atoms with E-state index in [-0.39, 0.29) is 5.41 Å². The molecule has 0 aromatic heterocycles. The molecular formula is C49H35NO. The molecule has 8 aromatic rings. The number of nitrogens with zero attached hydrogens (tertiary/aromatic N) is 1. The molecule has 2 aliphatic rings. The molecule has 51 heavy (non-hydrogen) atoms. The maximum atomic E-state index is 7.13. The minimum atomic E-state index is -0.124. The maximum Gasteiger partial charge on any atom is 0.143 e. The molecule has 10 rings (SSSR count). The van der Waals surface area contributed by atoms with Crippen molar-refractivity contribution < 1.29 is 4.74 Å². The van der Waals surface area contributed by atoms with E-state index in [4.69, 9.17) is 4.74 Å². The standard InChI is InChI=1S/C49H35NO/c1-49(2)42-25-12-11-21-38(42)39-29-28-35(31-43(39)49)50(34-18-7-4-8-19-34)44-26-14-23-40-46(44)41-24-13-22-37(32-15-5-3-6-16-32)48(41)51-45-30-27-33-17-9-10-20-36(33)47(40)45/h3-31H,1-2H3. The molecule has 0 saturated heterocycles. The van der Waals surface area contributed by atoms with Crippen molar-refractivity contribution >= 4 is 27.8 Å². The average molecular weight is 654 g/mol. The Kier molecular flexibility index (Phi) is 6.56. The minimum Gasteiger partial charge on any atom is -0.455 e. The molecule has 0 spiro atoms. The van der Waals surface area contributed by atoms with E-state index in [9.17, 15) is 0 Å². The molecular weight excluding hydrogens is 619 g/mol. The van der Waals surface area contributed by atoms with Gasteiger partial charge < -0.3 is 9.64 Å². The molecule has 0 radical (unpaired) electrons. The zero-order valence-corrected chi connectivity index (χ0v) is 28.6. The van der Waals surface area contributed by atoms with Crippen LogP contribution in [-0.4, -0.2) is 0 Å². The summed E-state index contributed by atoms with van der Waals surface area (Å²) in [5, 5.41) is 2.36. The molecule has 0 atom stereocenters. The van der Waals surface area contributed by atoms with Crippen molar-refractivity contribution in [2.24, 2.45) is 0 Å². The molecule has 0 amide bonds. The van der Waals surface area contributed by atoms with Gasteiger partial charge in [0.1, 0.15) is 11.5 Å².